The lowest BCUT2D eigenvalue weighted by Crippen LogP contribution is -2.21. The Morgan fingerprint density at radius 1 is 1.43 bits per heavy atom. The summed E-state index contributed by atoms with van der Waals surface area (Å²) in [5.41, 5.74) is 11.4. The van der Waals surface area contributed by atoms with Crippen molar-refractivity contribution in [3.63, 3.8) is 0 Å². The van der Waals surface area contributed by atoms with Gasteiger partial charge >= 0.3 is 0 Å². The highest BCUT2D eigenvalue weighted by atomic mass is 35.5. The van der Waals surface area contributed by atoms with E-state index in [0.29, 0.717) is 5.56 Å². The van der Waals surface area contributed by atoms with Crippen LogP contribution in [0.4, 0.5) is 5.69 Å². The van der Waals surface area contributed by atoms with Gasteiger partial charge in [-0.15, -0.1) is 12.4 Å². The number of nitro benzene ring substituents is 1. The molecule has 0 fully saturated rings. The molecule has 1 atom stereocenters. The maximum atomic E-state index is 10.6. The Morgan fingerprint density at radius 3 is 2.50 bits per heavy atom. The first kappa shape index (κ1) is 12.8. The molecule has 4 N–H and O–H groups in total. The van der Waals surface area contributed by atoms with Crippen LogP contribution in [0.25, 0.3) is 0 Å². The van der Waals surface area contributed by atoms with Crippen LogP contribution in [0.2, 0.25) is 0 Å². The van der Waals surface area contributed by atoms with Gasteiger partial charge in [-0.1, -0.05) is 18.2 Å². The lowest BCUT2D eigenvalue weighted by atomic mass is 10.1. The molecule has 0 spiro atoms. The molecule has 0 radical (unpaired) electrons. The molecule has 0 saturated heterocycles. The van der Waals surface area contributed by atoms with Crippen LogP contribution in [0.5, 0.6) is 0 Å². The van der Waals surface area contributed by atoms with Gasteiger partial charge < -0.3 is 11.5 Å². The molecule has 5 nitrogen and oxygen atoms in total. The zero-order valence-corrected chi connectivity index (χ0v) is 8.24. The zero-order valence-electron chi connectivity index (χ0n) is 7.42. The summed E-state index contributed by atoms with van der Waals surface area (Å²) >= 11 is 0. The SMILES string of the molecule is Cl.NC[C@@H](N)c1ccccc1[N+](=O)[O-]. The predicted octanol–water partition coefficient (Wildman–Crippen LogP) is 0.975. The Morgan fingerprint density at radius 2 is 2.00 bits per heavy atom. The van der Waals surface area contributed by atoms with Gasteiger partial charge in [0.2, 0.25) is 0 Å². The highest BCUT2D eigenvalue weighted by Gasteiger charge is 2.16. The van der Waals surface area contributed by atoms with E-state index in [1.165, 1.54) is 6.07 Å². The van der Waals surface area contributed by atoms with Crippen LogP contribution >= 0.6 is 12.4 Å². The van der Waals surface area contributed by atoms with Gasteiger partial charge in [-0.2, -0.15) is 0 Å². The van der Waals surface area contributed by atoms with E-state index in [1.54, 1.807) is 18.2 Å². The molecule has 0 aliphatic carbocycles. The number of benzene rings is 1. The van der Waals surface area contributed by atoms with Gasteiger partial charge in [-0.3, -0.25) is 10.1 Å². The fraction of sp³-hybridized carbons (Fsp3) is 0.250. The second kappa shape index (κ2) is 5.54. The summed E-state index contributed by atoms with van der Waals surface area (Å²) in [7, 11) is 0. The van der Waals surface area contributed by atoms with E-state index in [9.17, 15) is 10.1 Å². The van der Waals surface area contributed by atoms with Crippen LogP contribution in [0.3, 0.4) is 0 Å². The van der Waals surface area contributed by atoms with Crippen molar-refractivity contribution < 1.29 is 4.92 Å². The van der Waals surface area contributed by atoms with Gasteiger partial charge in [-0.05, 0) is 0 Å². The molecule has 0 amide bonds. The molecule has 6 heteroatoms. The second-order valence-corrected chi connectivity index (χ2v) is 2.66. The molecule has 1 aromatic rings. The molecular formula is C8H12ClN3O2. The van der Waals surface area contributed by atoms with E-state index >= 15 is 0 Å². The second-order valence-electron chi connectivity index (χ2n) is 2.66. The van der Waals surface area contributed by atoms with Crippen molar-refractivity contribution in [1.82, 2.24) is 0 Å². The Labute approximate surface area is 87.6 Å². The average molecular weight is 218 g/mol. The summed E-state index contributed by atoms with van der Waals surface area (Å²) in [4.78, 5) is 10.1. The molecule has 0 bridgehead atoms. The fourth-order valence-electron chi connectivity index (χ4n) is 1.09. The normalized spacial score (nSPS) is 11.6. The third kappa shape index (κ3) is 2.66. The van der Waals surface area contributed by atoms with E-state index in [4.69, 9.17) is 11.5 Å². The topological polar surface area (TPSA) is 95.2 Å². The van der Waals surface area contributed by atoms with Crippen molar-refractivity contribution in [2.75, 3.05) is 6.54 Å². The summed E-state index contributed by atoms with van der Waals surface area (Å²) in [6.07, 6.45) is 0. The first-order valence-corrected chi connectivity index (χ1v) is 3.85. The van der Waals surface area contributed by atoms with E-state index in [1.807, 2.05) is 0 Å². The lowest BCUT2D eigenvalue weighted by molar-refractivity contribution is -0.385. The van der Waals surface area contributed by atoms with Gasteiger partial charge in [0, 0.05) is 24.2 Å². The molecule has 14 heavy (non-hydrogen) atoms. The molecule has 1 aromatic carbocycles. The Kier molecular flexibility index (Phi) is 5.07. The number of nitrogens with two attached hydrogens (primary N) is 2. The molecule has 78 valence electrons. The number of hydrogen-bond acceptors (Lipinski definition) is 4. The number of para-hydroxylation sites is 1. The van der Waals surface area contributed by atoms with E-state index in [2.05, 4.69) is 0 Å². The third-order valence-electron chi connectivity index (χ3n) is 1.79. The average Bonchev–Trinajstić information content (AvgIpc) is 2.16. The Hall–Kier alpha value is -1.17. The van der Waals surface area contributed by atoms with E-state index < -0.39 is 11.0 Å². The maximum absolute atomic E-state index is 10.6. The first-order valence-electron chi connectivity index (χ1n) is 3.85. The van der Waals surface area contributed by atoms with Gasteiger partial charge in [-0.25, -0.2) is 0 Å². The first-order chi connectivity index (χ1) is 6.16. The van der Waals surface area contributed by atoms with Gasteiger partial charge in [0.25, 0.3) is 5.69 Å². The number of halogens is 1. The molecule has 0 heterocycles. The quantitative estimate of drug-likeness (QED) is 0.583. The summed E-state index contributed by atoms with van der Waals surface area (Å²) in [5.74, 6) is 0. The molecule has 0 aliphatic heterocycles. The van der Waals surface area contributed by atoms with Crippen LogP contribution in [0, 0.1) is 10.1 Å². The van der Waals surface area contributed by atoms with Crippen molar-refractivity contribution >= 4 is 18.1 Å². The van der Waals surface area contributed by atoms with Crippen molar-refractivity contribution in [1.29, 1.82) is 0 Å². The predicted molar refractivity (Wildman–Crippen MR) is 56.3 cm³/mol. The summed E-state index contributed by atoms with van der Waals surface area (Å²) in [6.45, 7) is 0.199. The maximum Gasteiger partial charge on any atom is 0.274 e. The number of nitro groups is 1. The van der Waals surface area contributed by atoms with Crippen molar-refractivity contribution in [3.8, 4) is 0 Å². The number of rotatable bonds is 3. The number of hydrogen-bond donors (Lipinski definition) is 2. The zero-order chi connectivity index (χ0) is 9.84. The van der Waals surface area contributed by atoms with E-state index in [-0.39, 0.29) is 24.6 Å². The standard InChI is InChI=1S/C8H11N3O2.ClH/c9-5-7(10)6-3-1-2-4-8(6)11(12)13;/h1-4,7H,5,9-10H2;1H/t7-;/m1./s1. The van der Waals surface area contributed by atoms with Crippen LogP contribution in [0.15, 0.2) is 24.3 Å². The van der Waals surface area contributed by atoms with Crippen LogP contribution in [0.1, 0.15) is 11.6 Å². The summed E-state index contributed by atoms with van der Waals surface area (Å²) in [5, 5.41) is 10.6. The Bertz CT molecular complexity index is 319. The van der Waals surface area contributed by atoms with Crippen LogP contribution < -0.4 is 11.5 Å². The molecule has 0 aromatic heterocycles. The molecule has 0 aliphatic rings. The van der Waals surface area contributed by atoms with Gasteiger partial charge in [0.15, 0.2) is 0 Å². The smallest absolute Gasteiger partial charge is 0.274 e. The molecule has 1 rings (SSSR count). The fourth-order valence-corrected chi connectivity index (χ4v) is 1.09. The van der Waals surface area contributed by atoms with Gasteiger partial charge in [0.1, 0.15) is 0 Å². The molecule has 0 unspecified atom stereocenters. The Balaban J connectivity index is 0.00000169. The molecular weight excluding hydrogens is 206 g/mol. The summed E-state index contributed by atoms with van der Waals surface area (Å²) in [6, 6.07) is 5.88. The monoisotopic (exact) mass is 217 g/mol. The van der Waals surface area contributed by atoms with E-state index in [0.717, 1.165) is 0 Å². The highest BCUT2D eigenvalue weighted by molar-refractivity contribution is 5.85. The van der Waals surface area contributed by atoms with Crippen LogP contribution in [-0.2, 0) is 0 Å². The van der Waals surface area contributed by atoms with Crippen molar-refractivity contribution in [3.05, 3.63) is 39.9 Å². The van der Waals surface area contributed by atoms with Crippen molar-refractivity contribution in [2.45, 2.75) is 6.04 Å². The highest BCUT2D eigenvalue weighted by Crippen LogP contribution is 2.22. The summed E-state index contributed by atoms with van der Waals surface area (Å²) < 4.78 is 0. The minimum Gasteiger partial charge on any atom is -0.329 e. The lowest BCUT2D eigenvalue weighted by Gasteiger charge is -2.08. The number of nitrogens with zero attached hydrogens (tertiary/aromatic N) is 1. The van der Waals surface area contributed by atoms with Crippen LogP contribution in [-0.4, -0.2) is 11.5 Å². The third-order valence-corrected chi connectivity index (χ3v) is 1.79. The molecule has 0 saturated carbocycles. The largest absolute Gasteiger partial charge is 0.329 e. The van der Waals surface area contributed by atoms with Gasteiger partial charge in [0.05, 0.1) is 4.92 Å². The minimum absolute atomic E-state index is 0. The minimum atomic E-state index is -0.471. The van der Waals surface area contributed by atoms with Crippen molar-refractivity contribution in [2.24, 2.45) is 11.5 Å².